The number of carbonyl (C=O) groups is 2. The summed E-state index contributed by atoms with van der Waals surface area (Å²) in [7, 11) is 1.83. The highest BCUT2D eigenvalue weighted by atomic mass is 32.1. The largest absolute Gasteiger partial charge is 0.351 e. The summed E-state index contributed by atoms with van der Waals surface area (Å²) in [4.78, 5) is 32.9. The number of nitrogens with zero attached hydrogens (tertiary/aromatic N) is 6. The first kappa shape index (κ1) is 23.1. The van der Waals surface area contributed by atoms with Crippen molar-refractivity contribution in [3.63, 3.8) is 0 Å². The van der Waals surface area contributed by atoms with Gasteiger partial charge in [-0.1, -0.05) is 0 Å². The van der Waals surface area contributed by atoms with Crippen LogP contribution in [-0.4, -0.2) is 73.2 Å². The average molecular weight is 501 g/mol. The lowest BCUT2D eigenvalue weighted by atomic mass is 10.1. The molecule has 13 heteroatoms. The van der Waals surface area contributed by atoms with Gasteiger partial charge in [-0.15, -0.1) is 11.3 Å². The number of hydrogen-bond donors (Lipinski definition) is 2. The lowest BCUT2D eigenvalue weighted by Crippen LogP contribution is -2.57. The number of aromatic nitrogens is 5. The fraction of sp³-hybridized carbons (Fsp3) is 0.318. The predicted molar refractivity (Wildman–Crippen MR) is 126 cm³/mol. The van der Waals surface area contributed by atoms with Gasteiger partial charge in [0.05, 0.1) is 52.9 Å². The van der Waals surface area contributed by atoms with Crippen LogP contribution in [0.2, 0.25) is 0 Å². The normalized spacial score (nSPS) is 15.2. The van der Waals surface area contributed by atoms with E-state index in [1.54, 1.807) is 33.3 Å². The van der Waals surface area contributed by atoms with E-state index in [1.807, 2.05) is 19.4 Å². The SMILES string of the molecule is Cc1ncc(C(=O)NCCN2CC(F)(F)C2)cc1NC(=O)c1cnn2cc(-c3cnn(C)c3)sc12. The van der Waals surface area contributed by atoms with Gasteiger partial charge in [0.25, 0.3) is 17.7 Å². The molecule has 0 aliphatic carbocycles. The maximum atomic E-state index is 13.0. The smallest absolute Gasteiger partial charge is 0.272 e. The number of hydrogen-bond acceptors (Lipinski definition) is 7. The molecule has 0 bridgehead atoms. The summed E-state index contributed by atoms with van der Waals surface area (Å²) in [6.07, 6.45) is 8.38. The second-order valence-corrected chi connectivity index (χ2v) is 9.47. The highest BCUT2D eigenvalue weighted by molar-refractivity contribution is 7.21. The fourth-order valence-electron chi connectivity index (χ4n) is 3.79. The average Bonchev–Trinajstić information content (AvgIpc) is 3.49. The fourth-order valence-corrected chi connectivity index (χ4v) is 4.83. The molecular weight excluding hydrogens is 478 g/mol. The number of anilines is 1. The van der Waals surface area contributed by atoms with Crippen molar-refractivity contribution in [1.29, 1.82) is 0 Å². The molecule has 1 aliphatic heterocycles. The zero-order chi connectivity index (χ0) is 24.7. The number of amides is 2. The Bertz CT molecular complexity index is 1420. The van der Waals surface area contributed by atoms with E-state index < -0.39 is 11.8 Å². The molecule has 10 nitrogen and oxygen atoms in total. The number of likely N-dealkylation sites (tertiary alicyclic amines) is 1. The molecule has 0 radical (unpaired) electrons. The van der Waals surface area contributed by atoms with Crippen LogP contribution >= 0.6 is 11.3 Å². The molecule has 0 saturated carbocycles. The van der Waals surface area contributed by atoms with Crippen molar-refractivity contribution in [3.05, 3.63) is 53.9 Å². The summed E-state index contributed by atoms with van der Waals surface area (Å²) in [5.41, 5.74) is 2.52. The third-order valence-corrected chi connectivity index (χ3v) is 6.81. The Kier molecular flexibility index (Phi) is 5.81. The molecule has 35 heavy (non-hydrogen) atoms. The third kappa shape index (κ3) is 4.77. The molecule has 0 atom stereocenters. The van der Waals surface area contributed by atoms with Gasteiger partial charge in [-0.3, -0.25) is 24.2 Å². The number of aryl methyl sites for hydroxylation is 2. The number of carbonyl (C=O) groups excluding carboxylic acids is 2. The van der Waals surface area contributed by atoms with Crippen LogP contribution in [0.4, 0.5) is 14.5 Å². The molecular formula is C22H22F2N8O2S. The summed E-state index contributed by atoms with van der Waals surface area (Å²) >= 11 is 1.42. The Balaban J connectivity index is 1.26. The van der Waals surface area contributed by atoms with E-state index in [4.69, 9.17) is 0 Å². The molecule has 2 amide bonds. The van der Waals surface area contributed by atoms with Crippen LogP contribution in [0.15, 0.2) is 37.1 Å². The van der Waals surface area contributed by atoms with Gasteiger partial charge >= 0.3 is 0 Å². The van der Waals surface area contributed by atoms with Crippen molar-refractivity contribution in [2.45, 2.75) is 12.8 Å². The maximum absolute atomic E-state index is 13.0. The van der Waals surface area contributed by atoms with Gasteiger partial charge in [-0.05, 0) is 13.0 Å². The number of halogens is 2. The van der Waals surface area contributed by atoms with E-state index in [-0.39, 0.29) is 31.1 Å². The van der Waals surface area contributed by atoms with Crippen molar-refractivity contribution in [3.8, 4) is 10.4 Å². The van der Waals surface area contributed by atoms with E-state index in [0.29, 0.717) is 28.3 Å². The first-order valence-electron chi connectivity index (χ1n) is 10.8. The first-order chi connectivity index (χ1) is 16.7. The van der Waals surface area contributed by atoms with Gasteiger partial charge in [0.1, 0.15) is 4.83 Å². The summed E-state index contributed by atoms with van der Waals surface area (Å²) in [6, 6.07) is 1.55. The highest BCUT2D eigenvalue weighted by Crippen LogP contribution is 2.30. The van der Waals surface area contributed by atoms with E-state index in [2.05, 4.69) is 25.8 Å². The van der Waals surface area contributed by atoms with Crippen LogP contribution in [0.5, 0.6) is 0 Å². The molecule has 1 saturated heterocycles. The molecule has 4 aromatic rings. The second kappa shape index (κ2) is 8.82. The van der Waals surface area contributed by atoms with Gasteiger partial charge in [-0.2, -0.15) is 10.2 Å². The van der Waals surface area contributed by atoms with Gasteiger partial charge < -0.3 is 10.6 Å². The Morgan fingerprint density at radius 2 is 1.94 bits per heavy atom. The lowest BCUT2D eigenvalue weighted by molar-refractivity contribution is -0.129. The van der Waals surface area contributed by atoms with Gasteiger partial charge in [0.15, 0.2) is 0 Å². The Morgan fingerprint density at radius 1 is 1.14 bits per heavy atom. The Morgan fingerprint density at radius 3 is 2.66 bits per heavy atom. The van der Waals surface area contributed by atoms with Crippen LogP contribution in [0.25, 0.3) is 15.3 Å². The number of pyridine rings is 1. The summed E-state index contributed by atoms with van der Waals surface area (Å²) in [6.45, 7) is 1.71. The summed E-state index contributed by atoms with van der Waals surface area (Å²) in [5, 5.41) is 14.0. The monoisotopic (exact) mass is 500 g/mol. The van der Waals surface area contributed by atoms with Gasteiger partial charge in [0.2, 0.25) is 0 Å². The van der Waals surface area contributed by atoms with Crippen molar-refractivity contribution in [1.82, 2.24) is 34.6 Å². The number of alkyl halides is 2. The maximum Gasteiger partial charge on any atom is 0.272 e. The van der Waals surface area contributed by atoms with E-state index in [0.717, 1.165) is 10.4 Å². The van der Waals surface area contributed by atoms with Crippen LogP contribution < -0.4 is 10.6 Å². The number of rotatable bonds is 7. The predicted octanol–water partition coefficient (Wildman–Crippen LogP) is 2.43. The second-order valence-electron chi connectivity index (χ2n) is 8.44. The zero-order valence-corrected chi connectivity index (χ0v) is 19.8. The molecule has 0 unspecified atom stereocenters. The third-order valence-electron chi connectivity index (χ3n) is 5.65. The molecule has 0 spiro atoms. The summed E-state index contributed by atoms with van der Waals surface area (Å²) in [5.74, 6) is -3.41. The number of thiazole rings is 1. The van der Waals surface area contributed by atoms with Crippen molar-refractivity contribution >= 4 is 33.7 Å². The highest BCUT2D eigenvalue weighted by Gasteiger charge is 2.43. The molecule has 182 valence electrons. The minimum Gasteiger partial charge on any atom is -0.351 e. The van der Waals surface area contributed by atoms with Gasteiger partial charge in [-0.25, -0.2) is 13.3 Å². The Labute approximate surface area is 202 Å². The van der Waals surface area contributed by atoms with Crippen LogP contribution in [0, 0.1) is 6.92 Å². The standard InChI is InChI=1S/C22H22F2N8O2S/c1-13-17(5-14(6-26-13)19(33)25-3-4-31-11-22(23,24)12-31)29-20(34)16-8-28-32-10-18(35-21(16)32)15-7-27-30(2)9-15/h5-10H,3-4,11-12H2,1-2H3,(H,25,33)(H,29,34). The minimum atomic E-state index is -2.64. The van der Waals surface area contributed by atoms with Crippen LogP contribution in [0.1, 0.15) is 26.4 Å². The molecule has 2 N–H and O–H groups in total. The molecule has 5 rings (SSSR count). The molecule has 4 aromatic heterocycles. The topological polar surface area (TPSA) is 109 Å². The zero-order valence-electron chi connectivity index (χ0n) is 19.0. The van der Waals surface area contributed by atoms with Crippen LogP contribution in [0.3, 0.4) is 0 Å². The Hall–Kier alpha value is -3.71. The molecule has 0 aromatic carbocycles. The quantitative estimate of drug-likeness (QED) is 0.404. The number of nitrogens with one attached hydrogen (secondary N) is 2. The van der Waals surface area contributed by atoms with Crippen LogP contribution in [-0.2, 0) is 7.05 Å². The first-order valence-corrected chi connectivity index (χ1v) is 11.6. The van der Waals surface area contributed by atoms with Gasteiger partial charge in [0, 0.05) is 44.3 Å². The van der Waals surface area contributed by atoms with E-state index in [9.17, 15) is 18.4 Å². The van der Waals surface area contributed by atoms with Crippen molar-refractivity contribution in [2.24, 2.45) is 7.05 Å². The lowest BCUT2D eigenvalue weighted by Gasteiger charge is -2.38. The summed E-state index contributed by atoms with van der Waals surface area (Å²) < 4.78 is 29.2. The molecule has 5 heterocycles. The number of fused-ring (bicyclic) bond motifs is 1. The molecule has 1 aliphatic rings. The molecule has 1 fully saturated rings. The van der Waals surface area contributed by atoms with E-state index in [1.165, 1.54) is 23.7 Å². The minimum absolute atomic E-state index is 0.233. The van der Waals surface area contributed by atoms with Crippen molar-refractivity contribution < 1.29 is 18.4 Å². The van der Waals surface area contributed by atoms with Crippen molar-refractivity contribution in [2.75, 3.05) is 31.5 Å². The van der Waals surface area contributed by atoms with E-state index >= 15 is 0 Å².